The van der Waals surface area contributed by atoms with Gasteiger partial charge in [0.1, 0.15) is 5.15 Å². The molecule has 2 N–H and O–H groups in total. The minimum Gasteiger partial charge on any atom is -0.396 e. The lowest BCUT2D eigenvalue weighted by Gasteiger charge is -2.46. The number of piperazine rings is 1. The molecule has 5 heteroatoms. The van der Waals surface area contributed by atoms with Gasteiger partial charge in [0.25, 0.3) is 0 Å². The van der Waals surface area contributed by atoms with E-state index in [1.165, 1.54) is 0 Å². The molecule has 2 rings (SSSR count). The van der Waals surface area contributed by atoms with Crippen molar-refractivity contribution < 1.29 is 0 Å². The summed E-state index contributed by atoms with van der Waals surface area (Å²) >= 11 is 5.93. The predicted octanol–water partition coefficient (Wildman–Crippen LogP) is 1.85. The predicted molar refractivity (Wildman–Crippen MR) is 72.6 cm³/mol. The molecule has 0 saturated carbocycles. The molecule has 0 aliphatic carbocycles. The van der Waals surface area contributed by atoms with Gasteiger partial charge in [-0.15, -0.1) is 0 Å². The molecule has 1 aliphatic rings. The molecule has 2 heterocycles. The maximum Gasteiger partial charge on any atom is 0.153 e. The van der Waals surface area contributed by atoms with Crippen LogP contribution in [-0.2, 0) is 0 Å². The number of halogens is 1. The second-order valence-corrected chi connectivity index (χ2v) is 5.59. The molecule has 1 aromatic rings. The molecule has 0 bridgehead atoms. The van der Waals surface area contributed by atoms with E-state index >= 15 is 0 Å². The Morgan fingerprint density at radius 1 is 1.35 bits per heavy atom. The average molecular weight is 255 g/mol. The second kappa shape index (κ2) is 4.35. The van der Waals surface area contributed by atoms with E-state index in [-0.39, 0.29) is 5.54 Å². The molecule has 0 unspecified atom stereocenters. The topological polar surface area (TPSA) is 45.4 Å². The lowest BCUT2D eigenvalue weighted by Crippen LogP contribution is -2.58. The first-order valence-corrected chi connectivity index (χ1v) is 6.16. The van der Waals surface area contributed by atoms with E-state index in [2.05, 4.69) is 35.7 Å². The van der Waals surface area contributed by atoms with Crippen molar-refractivity contribution in [3.8, 4) is 0 Å². The number of likely N-dealkylation sites (N-methyl/N-ethyl adjacent to an activating group) is 1. The first-order chi connectivity index (χ1) is 7.90. The van der Waals surface area contributed by atoms with Crippen LogP contribution in [0.4, 0.5) is 11.5 Å². The molecule has 4 nitrogen and oxygen atoms in total. The van der Waals surface area contributed by atoms with E-state index in [1.807, 2.05) is 6.07 Å². The third-order valence-electron chi connectivity index (χ3n) is 3.49. The zero-order valence-electron chi connectivity index (χ0n) is 10.6. The van der Waals surface area contributed by atoms with Gasteiger partial charge in [-0.3, -0.25) is 4.90 Å². The van der Waals surface area contributed by atoms with Crippen LogP contribution in [0.25, 0.3) is 0 Å². The number of nitrogens with zero attached hydrogens (tertiary/aromatic N) is 3. The zero-order chi connectivity index (χ0) is 12.6. The van der Waals surface area contributed by atoms with E-state index in [4.69, 9.17) is 17.3 Å². The highest BCUT2D eigenvalue weighted by Crippen LogP contribution is 2.28. The summed E-state index contributed by atoms with van der Waals surface area (Å²) in [5, 5.41) is 0.492. The number of hydrogen-bond acceptors (Lipinski definition) is 4. The largest absolute Gasteiger partial charge is 0.396 e. The third-order valence-corrected chi connectivity index (χ3v) is 3.70. The van der Waals surface area contributed by atoms with E-state index < -0.39 is 0 Å². The van der Waals surface area contributed by atoms with Gasteiger partial charge in [-0.05, 0) is 33.0 Å². The molecule has 1 aliphatic heterocycles. The molecule has 0 atom stereocenters. The Kier molecular flexibility index (Phi) is 3.19. The Labute approximate surface area is 107 Å². The van der Waals surface area contributed by atoms with Crippen LogP contribution in [0.5, 0.6) is 0 Å². The number of hydrogen-bond donors (Lipinski definition) is 1. The number of nitrogen functional groups attached to an aromatic ring is 1. The molecular weight excluding hydrogens is 236 g/mol. The Bertz CT molecular complexity index is 419. The Balaban J connectivity index is 2.26. The number of aromatic nitrogens is 1. The number of nitrogens with two attached hydrogens (primary N) is 1. The molecule has 1 aromatic heterocycles. The van der Waals surface area contributed by atoms with E-state index in [9.17, 15) is 0 Å². The zero-order valence-corrected chi connectivity index (χ0v) is 11.3. The Morgan fingerprint density at radius 3 is 2.71 bits per heavy atom. The molecule has 0 amide bonds. The van der Waals surface area contributed by atoms with Crippen LogP contribution < -0.4 is 10.6 Å². The first-order valence-electron chi connectivity index (χ1n) is 5.78. The molecule has 0 spiro atoms. The van der Waals surface area contributed by atoms with E-state index in [0.29, 0.717) is 10.8 Å². The van der Waals surface area contributed by atoms with E-state index in [1.54, 1.807) is 6.07 Å². The summed E-state index contributed by atoms with van der Waals surface area (Å²) in [7, 11) is 2.14. The van der Waals surface area contributed by atoms with Crippen molar-refractivity contribution in [1.82, 2.24) is 9.88 Å². The second-order valence-electron chi connectivity index (χ2n) is 5.20. The minimum absolute atomic E-state index is 0.120. The lowest BCUT2D eigenvalue weighted by molar-refractivity contribution is 0.138. The van der Waals surface area contributed by atoms with Crippen molar-refractivity contribution >= 4 is 23.1 Å². The van der Waals surface area contributed by atoms with Gasteiger partial charge in [0.05, 0.1) is 5.69 Å². The van der Waals surface area contributed by atoms with Crippen molar-refractivity contribution in [1.29, 1.82) is 0 Å². The first kappa shape index (κ1) is 12.5. The number of anilines is 2. The van der Waals surface area contributed by atoms with Crippen LogP contribution in [-0.4, -0.2) is 42.1 Å². The summed E-state index contributed by atoms with van der Waals surface area (Å²) in [4.78, 5) is 8.90. The summed E-state index contributed by atoms with van der Waals surface area (Å²) in [6, 6.07) is 3.54. The van der Waals surface area contributed by atoms with Gasteiger partial charge in [-0.1, -0.05) is 11.6 Å². The molecule has 1 fully saturated rings. The third kappa shape index (κ3) is 2.48. The van der Waals surface area contributed by atoms with Gasteiger partial charge in [0.2, 0.25) is 0 Å². The maximum atomic E-state index is 5.97. The van der Waals surface area contributed by atoms with Crippen LogP contribution in [0.2, 0.25) is 5.15 Å². The lowest BCUT2D eigenvalue weighted by atomic mass is 10.00. The van der Waals surface area contributed by atoms with Crippen molar-refractivity contribution in [2.45, 2.75) is 19.4 Å². The maximum absolute atomic E-state index is 5.97. The van der Waals surface area contributed by atoms with Crippen molar-refractivity contribution in [3.05, 3.63) is 17.3 Å². The monoisotopic (exact) mass is 254 g/mol. The fourth-order valence-electron chi connectivity index (χ4n) is 2.11. The van der Waals surface area contributed by atoms with Gasteiger partial charge in [-0.25, -0.2) is 4.98 Å². The van der Waals surface area contributed by atoms with E-state index in [0.717, 1.165) is 25.5 Å². The molecule has 94 valence electrons. The summed E-state index contributed by atoms with van der Waals surface area (Å²) in [6.45, 7) is 7.28. The molecule has 0 radical (unpaired) electrons. The van der Waals surface area contributed by atoms with Crippen LogP contribution in [0, 0.1) is 0 Å². The molecule has 0 aromatic carbocycles. The number of pyridine rings is 1. The highest BCUT2D eigenvalue weighted by molar-refractivity contribution is 6.29. The van der Waals surface area contributed by atoms with Crippen molar-refractivity contribution in [2.75, 3.05) is 37.3 Å². The smallest absolute Gasteiger partial charge is 0.153 e. The normalized spacial score (nSPS) is 20.6. The SMILES string of the molecule is CN1CCN(c2nc(Cl)ccc2N)CC1(C)C. The fourth-order valence-corrected chi connectivity index (χ4v) is 2.25. The van der Waals surface area contributed by atoms with Gasteiger partial charge in [-0.2, -0.15) is 0 Å². The molecular formula is C12H19ClN4. The Hall–Kier alpha value is -1.00. The average Bonchev–Trinajstić information content (AvgIpc) is 2.25. The number of rotatable bonds is 1. The summed E-state index contributed by atoms with van der Waals surface area (Å²) in [5.41, 5.74) is 6.78. The standard InChI is InChI=1S/C12H19ClN4/c1-12(2)8-17(7-6-16(12)3)11-9(14)4-5-10(13)15-11/h4-5H,6-8,14H2,1-3H3. The molecule has 1 saturated heterocycles. The summed E-state index contributed by atoms with van der Waals surface area (Å²) < 4.78 is 0. The van der Waals surface area contributed by atoms with Gasteiger partial charge in [0, 0.05) is 25.2 Å². The highest BCUT2D eigenvalue weighted by atomic mass is 35.5. The van der Waals surface area contributed by atoms with Crippen LogP contribution >= 0.6 is 11.6 Å². The van der Waals surface area contributed by atoms with Gasteiger partial charge in [0.15, 0.2) is 5.82 Å². The van der Waals surface area contributed by atoms with Gasteiger partial charge < -0.3 is 10.6 Å². The quantitative estimate of drug-likeness (QED) is 0.777. The van der Waals surface area contributed by atoms with Crippen molar-refractivity contribution in [2.24, 2.45) is 0 Å². The van der Waals surface area contributed by atoms with Crippen LogP contribution in [0.1, 0.15) is 13.8 Å². The van der Waals surface area contributed by atoms with Crippen LogP contribution in [0.15, 0.2) is 12.1 Å². The minimum atomic E-state index is 0.120. The summed E-state index contributed by atoms with van der Waals surface area (Å²) in [6.07, 6.45) is 0. The van der Waals surface area contributed by atoms with Gasteiger partial charge >= 0.3 is 0 Å². The Morgan fingerprint density at radius 2 is 2.06 bits per heavy atom. The van der Waals surface area contributed by atoms with Crippen molar-refractivity contribution in [3.63, 3.8) is 0 Å². The highest BCUT2D eigenvalue weighted by Gasteiger charge is 2.32. The fraction of sp³-hybridized carbons (Fsp3) is 0.583. The molecule has 17 heavy (non-hydrogen) atoms. The summed E-state index contributed by atoms with van der Waals surface area (Å²) in [5.74, 6) is 0.804. The van der Waals surface area contributed by atoms with Crippen LogP contribution in [0.3, 0.4) is 0 Å².